The summed E-state index contributed by atoms with van der Waals surface area (Å²) in [6.07, 6.45) is 4.79. The van der Waals surface area contributed by atoms with Gasteiger partial charge in [-0.05, 0) is 62.3 Å². The Balaban J connectivity index is 1.43. The second kappa shape index (κ2) is 7.34. The molecule has 1 fully saturated rings. The van der Waals surface area contributed by atoms with Crippen molar-refractivity contribution in [2.45, 2.75) is 57.9 Å². The van der Waals surface area contributed by atoms with Crippen LogP contribution in [-0.4, -0.2) is 25.8 Å². The van der Waals surface area contributed by atoms with Crippen LogP contribution in [0.3, 0.4) is 0 Å². The monoisotopic (exact) mass is 409 g/mol. The Morgan fingerprint density at radius 2 is 2.00 bits per heavy atom. The van der Waals surface area contributed by atoms with E-state index in [-0.39, 0.29) is 23.7 Å². The van der Waals surface area contributed by atoms with Gasteiger partial charge in [-0.2, -0.15) is 10.1 Å². The van der Waals surface area contributed by atoms with Crippen molar-refractivity contribution in [1.82, 2.24) is 25.2 Å². The summed E-state index contributed by atoms with van der Waals surface area (Å²) in [6.45, 7) is 4.01. The molecule has 1 N–H and O–H groups in total. The molecule has 0 aliphatic heterocycles. The standard InChI is InChI=1S/C22H24FN5O2/c1-12(2)18(22-25-20(27-30-22)13-6-7-13)24-21(29)19-16-4-3-5-17(16)28(26-19)15-10-8-14(23)9-11-15/h8-13,18H,3-7H2,1-2H3,(H,24,29). The van der Waals surface area contributed by atoms with E-state index in [1.54, 1.807) is 16.8 Å². The van der Waals surface area contributed by atoms with Crippen LogP contribution in [0, 0.1) is 11.7 Å². The predicted molar refractivity (Wildman–Crippen MR) is 107 cm³/mol. The number of aromatic nitrogens is 4. The third-order valence-corrected chi connectivity index (χ3v) is 5.84. The van der Waals surface area contributed by atoms with Crippen LogP contribution in [0.1, 0.15) is 78.5 Å². The Kier molecular flexibility index (Phi) is 4.64. The number of carbonyl (C=O) groups is 1. The van der Waals surface area contributed by atoms with Gasteiger partial charge in [0.05, 0.1) is 5.69 Å². The highest BCUT2D eigenvalue weighted by atomic mass is 19.1. The first-order valence-corrected chi connectivity index (χ1v) is 10.5. The van der Waals surface area contributed by atoms with Crippen LogP contribution in [0.25, 0.3) is 5.69 Å². The smallest absolute Gasteiger partial charge is 0.272 e. The van der Waals surface area contributed by atoms with Crippen molar-refractivity contribution in [2.75, 3.05) is 0 Å². The summed E-state index contributed by atoms with van der Waals surface area (Å²) in [5.74, 6) is 1.08. The molecule has 1 aromatic carbocycles. The topological polar surface area (TPSA) is 85.8 Å². The van der Waals surface area contributed by atoms with Crippen LogP contribution in [-0.2, 0) is 12.8 Å². The van der Waals surface area contributed by atoms with Gasteiger partial charge in [0.25, 0.3) is 5.91 Å². The van der Waals surface area contributed by atoms with Gasteiger partial charge in [-0.1, -0.05) is 19.0 Å². The van der Waals surface area contributed by atoms with Crippen LogP contribution in [0.5, 0.6) is 0 Å². The van der Waals surface area contributed by atoms with E-state index in [0.29, 0.717) is 17.5 Å². The third kappa shape index (κ3) is 3.40. The molecule has 2 aliphatic rings. The number of halogens is 1. The van der Waals surface area contributed by atoms with Crippen molar-refractivity contribution in [1.29, 1.82) is 0 Å². The second-order valence-corrected chi connectivity index (χ2v) is 8.48. The molecule has 7 nitrogen and oxygen atoms in total. The van der Waals surface area contributed by atoms with Gasteiger partial charge in [0, 0.05) is 17.2 Å². The minimum Gasteiger partial charge on any atom is -0.339 e. The van der Waals surface area contributed by atoms with Crippen molar-refractivity contribution in [3.05, 3.63) is 58.7 Å². The summed E-state index contributed by atoms with van der Waals surface area (Å²) in [7, 11) is 0. The lowest BCUT2D eigenvalue weighted by atomic mass is 10.0. The molecule has 1 saturated carbocycles. The Morgan fingerprint density at radius 1 is 1.23 bits per heavy atom. The predicted octanol–water partition coefficient (Wildman–Crippen LogP) is 3.89. The Bertz CT molecular complexity index is 1080. The summed E-state index contributed by atoms with van der Waals surface area (Å²) in [5, 5.41) is 11.7. The summed E-state index contributed by atoms with van der Waals surface area (Å²) in [4.78, 5) is 17.7. The van der Waals surface area contributed by atoms with Crippen molar-refractivity contribution in [2.24, 2.45) is 5.92 Å². The first kappa shape index (κ1) is 19.0. The largest absolute Gasteiger partial charge is 0.339 e. The van der Waals surface area contributed by atoms with Gasteiger partial charge < -0.3 is 9.84 Å². The van der Waals surface area contributed by atoms with E-state index in [9.17, 15) is 9.18 Å². The maximum absolute atomic E-state index is 13.3. The van der Waals surface area contributed by atoms with Crippen molar-refractivity contribution < 1.29 is 13.7 Å². The maximum Gasteiger partial charge on any atom is 0.272 e. The van der Waals surface area contributed by atoms with E-state index in [1.807, 2.05) is 13.8 Å². The maximum atomic E-state index is 13.3. The number of hydrogen-bond donors (Lipinski definition) is 1. The number of benzene rings is 1. The molecule has 1 amide bonds. The van der Waals surface area contributed by atoms with Crippen LogP contribution in [0.2, 0.25) is 0 Å². The van der Waals surface area contributed by atoms with Gasteiger partial charge in [-0.25, -0.2) is 9.07 Å². The van der Waals surface area contributed by atoms with E-state index < -0.39 is 0 Å². The van der Waals surface area contributed by atoms with E-state index in [0.717, 1.165) is 54.9 Å². The van der Waals surface area contributed by atoms with Gasteiger partial charge in [0.1, 0.15) is 11.9 Å². The van der Waals surface area contributed by atoms with E-state index >= 15 is 0 Å². The van der Waals surface area contributed by atoms with Crippen molar-refractivity contribution in [3.8, 4) is 5.69 Å². The molecule has 5 rings (SSSR count). The number of nitrogens with one attached hydrogen (secondary N) is 1. The number of amides is 1. The lowest BCUT2D eigenvalue weighted by molar-refractivity contribution is 0.0907. The van der Waals surface area contributed by atoms with Crippen molar-refractivity contribution >= 4 is 5.91 Å². The molecule has 3 aromatic rings. The Hall–Kier alpha value is -3.03. The highest BCUT2D eigenvalue weighted by Gasteiger charge is 2.33. The summed E-state index contributed by atoms with van der Waals surface area (Å²) >= 11 is 0. The third-order valence-electron chi connectivity index (χ3n) is 5.84. The zero-order valence-electron chi connectivity index (χ0n) is 17.1. The normalized spacial score (nSPS) is 16.7. The fourth-order valence-electron chi connectivity index (χ4n) is 4.02. The fourth-order valence-corrected chi connectivity index (χ4v) is 4.02. The number of rotatable bonds is 6. The molecule has 1 atom stereocenters. The second-order valence-electron chi connectivity index (χ2n) is 8.48. The molecule has 0 spiro atoms. The van der Waals surface area contributed by atoms with Crippen LogP contribution in [0.4, 0.5) is 4.39 Å². The minimum absolute atomic E-state index is 0.0775. The van der Waals surface area contributed by atoms with E-state index in [1.165, 1.54) is 12.1 Å². The quantitative estimate of drug-likeness (QED) is 0.668. The molecule has 156 valence electrons. The summed E-state index contributed by atoms with van der Waals surface area (Å²) in [5.41, 5.74) is 3.14. The average molecular weight is 409 g/mol. The molecule has 1 unspecified atom stereocenters. The van der Waals surface area contributed by atoms with Crippen LogP contribution < -0.4 is 5.32 Å². The van der Waals surface area contributed by atoms with E-state index in [4.69, 9.17) is 4.52 Å². The van der Waals surface area contributed by atoms with E-state index in [2.05, 4.69) is 20.6 Å². The number of carbonyl (C=O) groups excluding carboxylic acids is 1. The zero-order valence-corrected chi connectivity index (χ0v) is 17.1. The van der Waals surface area contributed by atoms with Gasteiger partial charge >= 0.3 is 0 Å². The van der Waals surface area contributed by atoms with Crippen LogP contribution >= 0.6 is 0 Å². The van der Waals surface area contributed by atoms with Crippen LogP contribution in [0.15, 0.2) is 28.8 Å². The Morgan fingerprint density at radius 3 is 2.70 bits per heavy atom. The molecule has 0 saturated heterocycles. The highest BCUT2D eigenvalue weighted by molar-refractivity contribution is 5.94. The first-order chi connectivity index (χ1) is 14.5. The van der Waals surface area contributed by atoms with Gasteiger partial charge in [-0.15, -0.1) is 0 Å². The molecule has 0 bridgehead atoms. The van der Waals surface area contributed by atoms with Gasteiger partial charge in [-0.3, -0.25) is 4.79 Å². The lowest BCUT2D eigenvalue weighted by Crippen LogP contribution is -2.33. The molecular formula is C22H24FN5O2. The molecule has 0 radical (unpaired) electrons. The first-order valence-electron chi connectivity index (χ1n) is 10.5. The molecule has 2 heterocycles. The highest BCUT2D eigenvalue weighted by Crippen LogP contribution is 2.39. The summed E-state index contributed by atoms with van der Waals surface area (Å²) in [6, 6.07) is 5.78. The lowest BCUT2D eigenvalue weighted by Gasteiger charge is -2.18. The number of hydrogen-bond acceptors (Lipinski definition) is 5. The molecule has 8 heteroatoms. The molecular weight excluding hydrogens is 385 g/mol. The minimum atomic E-state index is -0.384. The van der Waals surface area contributed by atoms with Gasteiger partial charge in [0.15, 0.2) is 11.5 Å². The number of fused-ring (bicyclic) bond motifs is 1. The fraction of sp³-hybridized carbons (Fsp3) is 0.455. The molecule has 2 aliphatic carbocycles. The summed E-state index contributed by atoms with van der Waals surface area (Å²) < 4.78 is 20.6. The molecule has 30 heavy (non-hydrogen) atoms. The van der Waals surface area contributed by atoms with Crippen molar-refractivity contribution in [3.63, 3.8) is 0 Å². The number of nitrogens with zero attached hydrogens (tertiary/aromatic N) is 4. The molecule has 2 aromatic heterocycles. The van der Waals surface area contributed by atoms with Gasteiger partial charge in [0.2, 0.25) is 5.89 Å². The SMILES string of the molecule is CC(C)C(NC(=O)c1nn(-c2ccc(F)cc2)c2c1CCC2)c1nc(C2CC2)no1. The zero-order chi connectivity index (χ0) is 20.8. The Labute approximate surface area is 173 Å². The average Bonchev–Trinajstić information content (AvgIpc) is 3.14.